The number of fused-ring (bicyclic) bond motifs is 3. The van der Waals surface area contributed by atoms with Gasteiger partial charge in [0.25, 0.3) is 5.91 Å². The highest BCUT2D eigenvalue weighted by Gasteiger charge is 2.41. The number of likely N-dealkylation sites (tertiary alicyclic amines) is 1. The van der Waals surface area contributed by atoms with Crippen molar-refractivity contribution < 1.29 is 9.53 Å². The highest BCUT2D eigenvalue weighted by atomic mass is 16.5. The third-order valence-electron chi connectivity index (χ3n) is 5.76. The fraction of sp³-hybridized carbons (Fsp3) is 0.333. The van der Waals surface area contributed by atoms with Gasteiger partial charge >= 0.3 is 0 Å². The van der Waals surface area contributed by atoms with Crippen molar-refractivity contribution in [2.45, 2.75) is 18.9 Å². The maximum absolute atomic E-state index is 12.9. The number of benzene rings is 1. The summed E-state index contributed by atoms with van der Waals surface area (Å²) in [5, 5.41) is 8.92. The summed E-state index contributed by atoms with van der Waals surface area (Å²) in [5.74, 6) is 2.95. The lowest BCUT2D eigenvalue weighted by atomic mass is 9.93. The van der Waals surface area contributed by atoms with Gasteiger partial charge in [0.1, 0.15) is 17.3 Å². The minimum absolute atomic E-state index is 0.0107. The molecule has 0 radical (unpaired) electrons. The topological polar surface area (TPSA) is 73.1 Å². The Hall–Kier alpha value is -3.22. The van der Waals surface area contributed by atoms with Gasteiger partial charge in [-0.1, -0.05) is 18.2 Å². The number of para-hydroxylation sites is 1. The number of carbonyl (C=O) groups excluding carboxylic acids is 1. The van der Waals surface area contributed by atoms with Crippen LogP contribution in [0.25, 0.3) is 11.4 Å². The zero-order chi connectivity index (χ0) is 19.1. The Morgan fingerprint density at radius 1 is 1.11 bits per heavy atom. The summed E-state index contributed by atoms with van der Waals surface area (Å²) in [6.45, 7) is 1.39. The van der Waals surface area contributed by atoms with Crippen LogP contribution in [0.15, 0.2) is 48.7 Å². The molecule has 2 atom stereocenters. The van der Waals surface area contributed by atoms with E-state index in [4.69, 9.17) is 4.74 Å². The van der Waals surface area contributed by atoms with Crippen LogP contribution >= 0.6 is 0 Å². The van der Waals surface area contributed by atoms with Crippen LogP contribution in [-0.2, 0) is 6.42 Å². The summed E-state index contributed by atoms with van der Waals surface area (Å²) >= 11 is 0. The lowest BCUT2D eigenvalue weighted by Gasteiger charge is -2.27. The van der Waals surface area contributed by atoms with E-state index >= 15 is 0 Å². The SMILES string of the molecule is COc1ccccc1-c1nnc2n1[C@H]1CN(C(=O)c3ccccn3)C[C@H]1CC2. The van der Waals surface area contributed by atoms with Crippen LogP contribution in [0.4, 0.5) is 0 Å². The van der Waals surface area contributed by atoms with Gasteiger partial charge in [-0.15, -0.1) is 10.2 Å². The molecule has 2 aromatic heterocycles. The van der Waals surface area contributed by atoms with Gasteiger partial charge in [0.15, 0.2) is 5.82 Å². The largest absolute Gasteiger partial charge is 0.496 e. The molecule has 1 amide bonds. The van der Waals surface area contributed by atoms with E-state index in [1.165, 1.54) is 0 Å². The summed E-state index contributed by atoms with van der Waals surface area (Å²) in [4.78, 5) is 19.0. The molecule has 0 spiro atoms. The first-order chi connectivity index (χ1) is 13.8. The first-order valence-corrected chi connectivity index (χ1v) is 9.53. The molecule has 28 heavy (non-hydrogen) atoms. The lowest BCUT2D eigenvalue weighted by Crippen LogP contribution is -2.30. The van der Waals surface area contributed by atoms with Gasteiger partial charge in [0.2, 0.25) is 0 Å². The number of hydrogen-bond donors (Lipinski definition) is 0. The van der Waals surface area contributed by atoms with Gasteiger partial charge < -0.3 is 14.2 Å². The monoisotopic (exact) mass is 375 g/mol. The summed E-state index contributed by atoms with van der Waals surface area (Å²) < 4.78 is 7.75. The van der Waals surface area contributed by atoms with Crippen molar-refractivity contribution in [3.05, 3.63) is 60.2 Å². The van der Waals surface area contributed by atoms with Gasteiger partial charge in [-0.05, 0) is 36.6 Å². The number of nitrogens with zero attached hydrogens (tertiary/aromatic N) is 5. The number of pyridine rings is 1. The second-order valence-corrected chi connectivity index (χ2v) is 7.30. The van der Waals surface area contributed by atoms with Crippen LogP contribution in [0.1, 0.15) is 28.8 Å². The molecule has 2 aliphatic heterocycles. The summed E-state index contributed by atoms with van der Waals surface area (Å²) in [5.41, 5.74) is 1.42. The van der Waals surface area contributed by atoms with E-state index in [-0.39, 0.29) is 11.9 Å². The van der Waals surface area contributed by atoms with Crippen molar-refractivity contribution in [3.63, 3.8) is 0 Å². The average molecular weight is 375 g/mol. The second kappa shape index (κ2) is 6.74. The first-order valence-electron chi connectivity index (χ1n) is 9.53. The van der Waals surface area contributed by atoms with Gasteiger partial charge in [0.05, 0.1) is 18.7 Å². The van der Waals surface area contributed by atoms with E-state index < -0.39 is 0 Å². The lowest BCUT2D eigenvalue weighted by molar-refractivity contribution is 0.0778. The number of rotatable bonds is 3. The molecular formula is C21H21N5O2. The summed E-state index contributed by atoms with van der Waals surface area (Å²) in [7, 11) is 1.66. The summed E-state index contributed by atoms with van der Waals surface area (Å²) in [6.07, 6.45) is 3.55. The Morgan fingerprint density at radius 3 is 2.79 bits per heavy atom. The Balaban J connectivity index is 1.50. The van der Waals surface area contributed by atoms with Gasteiger partial charge in [-0.25, -0.2) is 0 Å². The summed E-state index contributed by atoms with van der Waals surface area (Å²) in [6, 6.07) is 13.5. The number of ether oxygens (including phenoxy) is 1. The van der Waals surface area contributed by atoms with E-state index in [1.54, 1.807) is 19.4 Å². The van der Waals surface area contributed by atoms with Crippen molar-refractivity contribution >= 4 is 5.91 Å². The highest BCUT2D eigenvalue weighted by molar-refractivity contribution is 5.92. The van der Waals surface area contributed by atoms with Gasteiger partial charge in [0, 0.05) is 25.7 Å². The Labute approximate surface area is 163 Å². The van der Waals surface area contributed by atoms with Crippen molar-refractivity contribution in [2.75, 3.05) is 20.2 Å². The number of aromatic nitrogens is 4. The third kappa shape index (κ3) is 2.66. The van der Waals surface area contributed by atoms with Crippen LogP contribution in [0.3, 0.4) is 0 Å². The Bertz CT molecular complexity index is 1020. The van der Waals surface area contributed by atoms with Crippen molar-refractivity contribution in [1.82, 2.24) is 24.6 Å². The van der Waals surface area contributed by atoms with Crippen LogP contribution in [-0.4, -0.2) is 50.8 Å². The van der Waals surface area contributed by atoms with E-state index in [1.807, 2.05) is 41.3 Å². The molecular weight excluding hydrogens is 354 g/mol. The zero-order valence-corrected chi connectivity index (χ0v) is 15.7. The molecule has 3 aromatic rings. The molecule has 1 aromatic carbocycles. The maximum Gasteiger partial charge on any atom is 0.272 e. The quantitative estimate of drug-likeness (QED) is 0.704. The molecule has 0 saturated carbocycles. The molecule has 7 heteroatoms. The molecule has 0 unspecified atom stereocenters. The first kappa shape index (κ1) is 16.9. The van der Waals surface area contributed by atoms with Crippen LogP contribution < -0.4 is 4.74 Å². The molecule has 7 nitrogen and oxygen atoms in total. The standard InChI is InChI=1S/C21H21N5O2/c1-28-18-8-3-2-6-15(18)20-24-23-19-10-9-14-12-25(13-17(14)26(19)20)21(27)16-7-4-5-11-22-16/h2-8,11,14,17H,9-10,12-13H2,1H3/t14-,17+/m1/s1. The Morgan fingerprint density at radius 2 is 1.96 bits per heavy atom. The minimum atomic E-state index is -0.0107. The number of amides is 1. The predicted octanol–water partition coefficient (Wildman–Crippen LogP) is 2.61. The molecule has 5 rings (SSSR count). The zero-order valence-electron chi connectivity index (χ0n) is 15.7. The van der Waals surface area contributed by atoms with Gasteiger partial charge in [-0.3, -0.25) is 9.78 Å². The van der Waals surface area contributed by atoms with E-state index in [2.05, 4.69) is 19.7 Å². The fourth-order valence-corrected chi connectivity index (χ4v) is 4.42. The van der Waals surface area contributed by atoms with Crippen LogP contribution in [0, 0.1) is 5.92 Å². The van der Waals surface area contributed by atoms with Crippen molar-refractivity contribution in [3.8, 4) is 17.1 Å². The molecule has 4 heterocycles. The molecule has 1 saturated heterocycles. The Kier molecular flexibility index (Phi) is 4.07. The highest BCUT2D eigenvalue weighted by Crippen LogP contribution is 2.40. The second-order valence-electron chi connectivity index (χ2n) is 7.30. The molecule has 1 fully saturated rings. The van der Waals surface area contributed by atoms with E-state index in [9.17, 15) is 4.79 Å². The molecule has 2 aliphatic rings. The van der Waals surface area contributed by atoms with E-state index in [0.717, 1.165) is 42.3 Å². The molecule has 0 N–H and O–H groups in total. The van der Waals surface area contributed by atoms with Crippen LogP contribution in [0.2, 0.25) is 0 Å². The van der Waals surface area contributed by atoms with Crippen LogP contribution in [0.5, 0.6) is 5.75 Å². The average Bonchev–Trinajstić information content (AvgIpc) is 3.37. The minimum Gasteiger partial charge on any atom is -0.496 e. The molecule has 0 aliphatic carbocycles. The third-order valence-corrected chi connectivity index (χ3v) is 5.76. The number of hydrogen-bond acceptors (Lipinski definition) is 5. The van der Waals surface area contributed by atoms with Crippen molar-refractivity contribution in [2.24, 2.45) is 5.92 Å². The van der Waals surface area contributed by atoms with Gasteiger partial charge in [-0.2, -0.15) is 0 Å². The fourth-order valence-electron chi connectivity index (χ4n) is 4.42. The number of aryl methyl sites for hydroxylation is 1. The van der Waals surface area contributed by atoms with Crippen molar-refractivity contribution in [1.29, 1.82) is 0 Å². The van der Waals surface area contributed by atoms with E-state index in [0.29, 0.717) is 18.2 Å². The smallest absolute Gasteiger partial charge is 0.272 e. The maximum atomic E-state index is 12.9. The predicted molar refractivity (Wildman–Crippen MR) is 103 cm³/mol. The molecule has 0 bridgehead atoms. The number of carbonyl (C=O) groups is 1. The number of methoxy groups -OCH3 is 1. The molecule has 142 valence electrons. The normalized spacial score (nSPS) is 20.5.